The minimum Gasteiger partial charge on any atom is -0.363 e. The minimum absolute atomic E-state index is 0.212. The number of hydrogen-bond donors (Lipinski definition) is 3. The van der Waals surface area contributed by atoms with Crippen molar-refractivity contribution < 1.29 is 8.42 Å². The number of pyridine rings is 1. The first-order valence-corrected chi connectivity index (χ1v) is 7.41. The SMILES string of the molecule is CCNCc1cc(S(=O)(=O)Nc2cccnc2)c[nH]1. The molecule has 6 nitrogen and oxygen atoms in total. The van der Waals surface area contributed by atoms with E-state index in [4.69, 9.17) is 0 Å². The molecular formula is C12H16N4O2S. The Bertz CT molecular complexity index is 622. The first-order chi connectivity index (χ1) is 9.12. The highest BCUT2D eigenvalue weighted by molar-refractivity contribution is 7.92. The standard InChI is InChI=1S/C12H16N4O2S/c1-2-13-8-11-6-12(9-15-11)19(17,18)16-10-4-3-5-14-7-10/h3-7,9,13,15-16H,2,8H2,1H3. The van der Waals surface area contributed by atoms with Gasteiger partial charge in [-0.1, -0.05) is 6.92 Å². The van der Waals surface area contributed by atoms with Crippen LogP contribution >= 0.6 is 0 Å². The minimum atomic E-state index is -3.57. The van der Waals surface area contributed by atoms with Gasteiger partial charge in [0.25, 0.3) is 10.0 Å². The van der Waals surface area contributed by atoms with Gasteiger partial charge in [0.15, 0.2) is 0 Å². The Balaban J connectivity index is 2.13. The van der Waals surface area contributed by atoms with Crippen LogP contribution in [0.5, 0.6) is 0 Å². The van der Waals surface area contributed by atoms with Crippen LogP contribution in [-0.2, 0) is 16.6 Å². The Morgan fingerprint density at radius 1 is 1.42 bits per heavy atom. The summed E-state index contributed by atoms with van der Waals surface area (Å²) in [6, 6.07) is 4.93. The second-order valence-corrected chi connectivity index (χ2v) is 5.67. The molecule has 0 aliphatic heterocycles. The lowest BCUT2D eigenvalue weighted by Crippen LogP contribution is -2.13. The molecule has 0 radical (unpaired) electrons. The number of aromatic amines is 1. The monoisotopic (exact) mass is 280 g/mol. The molecule has 0 bridgehead atoms. The fraction of sp³-hybridized carbons (Fsp3) is 0.250. The van der Waals surface area contributed by atoms with Gasteiger partial charge >= 0.3 is 0 Å². The van der Waals surface area contributed by atoms with Crippen LogP contribution in [0, 0.1) is 0 Å². The Labute approximate surface area is 112 Å². The highest BCUT2D eigenvalue weighted by atomic mass is 32.2. The number of nitrogens with zero attached hydrogens (tertiary/aromatic N) is 1. The summed E-state index contributed by atoms with van der Waals surface area (Å²) in [6.07, 6.45) is 4.53. The first kappa shape index (κ1) is 13.6. The molecule has 0 aliphatic rings. The molecule has 2 rings (SSSR count). The van der Waals surface area contributed by atoms with Gasteiger partial charge in [-0.2, -0.15) is 0 Å². The summed E-state index contributed by atoms with van der Waals surface area (Å²) in [5.74, 6) is 0. The van der Waals surface area contributed by atoms with Gasteiger partial charge in [-0.05, 0) is 24.7 Å². The molecule has 0 spiro atoms. The van der Waals surface area contributed by atoms with Crippen LogP contribution in [0.3, 0.4) is 0 Å². The van der Waals surface area contributed by atoms with E-state index in [-0.39, 0.29) is 4.90 Å². The molecule has 0 atom stereocenters. The molecule has 2 aromatic heterocycles. The van der Waals surface area contributed by atoms with Crippen molar-refractivity contribution in [3.8, 4) is 0 Å². The molecule has 0 saturated carbocycles. The fourth-order valence-corrected chi connectivity index (χ4v) is 2.63. The van der Waals surface area contributed by atoms with Crippen molar-refractivity contribution in [1.82, 2.24) is 15.3 Å². The van der Waals surface area contributed by atoms with E-state index in [2.05, 4.69) is 20.0 Å². The maximum Gasteiger partial charge on any atom is 0.263 e. The average molecular weight is 280 g/mol. The summed E-state index contributed by atoms with van der Waals surface area (Å²) in [6.45, 7) is 3.43. The molecule has 0 aliphatic carbocycles. The van der Waals surface area contributed by atoms with Crippen molar-refractivity contribution in [2.24, 2.45) is 0 Å². The Morgan fingerprint density at radius 3 is 2.95 bits per heavy atom. The predicted molar refractivity (Wildman–Crippen MR) is 73.2 cm³/mol. The Morgan fingerprint density at radius 2 is 2.26 bits per heavy atom. The van der Waals surface area contributed by atoms with Gasteiger partial charge in [0, 0.05) is 24.6 Å². The number of aromatic nitrogens is 2. The van der Waals surface area contributed by atoms with E-state index in [1.807, 2.05) is 6.92 Å². The van der Waals surface area contributed by atoms with Gasteiger partial charge in [0.2, 0.25) is 0 Å². The zero-order chi connectivity index (χ0) is 13.7. The highest BCUT2D eigenvalue weighted by Crippen LogP contribution is 2.15. The molecule has 2 aromatic rings. The van der Waals surface area contributed by atoms with Gasteiger partial charge in [-0.25, -0.2) is 8.42 Å². The maximum atomic E-state index is 12.1. The lowest BCUT2D eigenvalue weighted by atomic mass is 10.4. The van der Waals surface area contributed by atoms with Crippen LogP contribution in [0.2, 0.25) is 0 Å². The summed E-state index contributed by atoms with van der Waals surface area (Å²) >= 11 is 0. The molecule has 0 unspecified atom stereocenters. The summed E-state index contributed by atoms with van der Waals surface area (Å²) < 4.78 is 26.7. The molecule has 19 heavy (non-hydrogen) atoms. The van der Waals surface area contributed by atoms with E-state index in [1.54, 1.807) is 24.4 Å². The third kappa shape index (κ3) is 3.55. The molecule has 0 amide bonds. The normalized spacial score (nSPS) is 11.4. The van der Waals surface area contributed by atoms with E-state index in [1.165, 1.54) is 12.4 Å². The summed E-state index contributed by atoms with van der Waals surface area (Å²) in [7, 11) is -3.57. The number of nitrogens with one attached hydrogen (secondary N) is 3. The van der Waals surface area contributed by atoms with E-state index >= 15 is 0 Å². The van der Waals surface area contributed by atoms with E-state index in [0.29, 0.717) is 12.2 Å². The van der Waals surface area contributed by atoms with Crippen LogP contribution in [0.15, 0.2) is 41.7 Å². The van der Waals surface area contributed by atoms with Crippen molar-refractivity contribution >= 4 is 15.7 Å². The van der Waals surface area contributed by atoms with E-state index in [0.717, 1.165) is 12.2 Å². The largest absolute Gasteiger partial charge is 0.363 e. The molecule has 2 heterocycles. The third-order valence-electron chi connectivity index (χ3n) is 2.51. The van der Waals surface area contributed by atoms with Gasteiger partial charge in [0.05, 0.1) is 11.9 Å². The van der Waals surface area contributed by atoms with Crippen molar-refractivity contribution in [1.29, 1.82) is 0 Å². The zero-order valence-corrected chi connectivity index (χ0v) is 11.4. The lowest BCUT2D eigenvalue weighted by Gasteiger charge is -2.05. The van der Waals surface area contributed by atoms with Crippen molar-refractivity contribution in [3.05, 3.63) is 42.5 Å². The van der Waals surface area contributed by atoms with Crippen molar-refractivity contribution in [3.63, 3.8) is 0 Å². The summed E-state index contributed by atoms with van der Waals surface area (Å²) in [4.78, 5) is 7.01. The predicted octanol–water partition coefficient (Wildman–Crippen LogP) is 1.32. The summed E-state index contributed by atoms with van der Waals surface area (Å²) in [5.41, 5.74) is 1.27. The van der Waals surface area contributed by atoms with Crippen molar-refractivity contribution in [2.45, 2.75) is 18.4 Å². The Kier molecular flexibility index (Phi) is 4.18. The molecular weight excluding hydrogens is 264 g/mol. The second-order valence-electron chi connectivity index (χ2n) is 3.99. The fourth-order valence-electron chi connectivity index (χ4n) is 1.57. The van der Waals surface area contributed by atoms with Crippen LogP contribution in [0.25, 0.3) is 0 Å². The van der Waals surface area contributed by atoms with Crippen molar-refractivity contribution in [2.75, 3.05) is 11.3 Å². The van der Waals surface area contributed by atoms with Gasteiger partial charge in [-0.3, -0.25) is 9.71 Å². The molecule has 102 valence electrons. The maximum absolute atomic E-state index is 12.1. The lowest BCUT2D eigenvalue weighted by molar-refractivity contribution is 0.601. The van der Waals surface area contributed by atoms with Crippen LogP contribution in [0.4, 0.5) is 5.69 Å². The smallest absolute Gasteiger partial charge is 0.263 e. The summed E-state index contributed by atoms with van der Waals surface area (Å²) in [5, 5.41) is 3.12. The van der Waals surface area contributed by atoms with Gasteiger partial charge in [0.1, 0.15) is 4.90 Å². The zero-order valence-electron chi connectivity index (χ0n) is 10.6. The molecule has 3 N–H and O–H groups in total. The number of H-pyrrole nitrogens is 1. The molecule has 0 aromatic carbocycles. The van der Waals surface area contributed by atoms with Gasteiger partial charge in [-0.15, -0.1) is 0 Å². The molecule has 7 heteroatoms. The van der Waals surface area contributed by atoms with Crippen LogP contribution < -0.4 is 10.0 Å². The number of hydrogen-bond acceptors (Lipinski definition) is 4. The molecule has 0 saturated heterocycles. The van der Waals surface area contributed by atoms with Gasteiger partial charge < -0.3 is 10.3 Å². The third-order valence-corrected chi connectivity index (χ3v) is 3.87. The highest BCUT2D eigenvalue weighted by Gasteiger charge is 2.16. The number of anilines is 1. The number of rotatable bonds is 6. The topological polar surface area (TPSA) is 86.9 Å². The van der Waals surface area contributed by atoms with E-state index < -0.39 is 10.0 Å². The quantitative estimate of drug-likeness (QED) is 0.745. The Hall–Kier alpha value is -1.86. The van der Waals surface area contributed by atoms with E-state index in [9.17, 15) is 8.42 Å². The first-order valence-electron chi connectivity index (χ1n) is 5.92. The van der Waals surface area contributed by atoms with Crippen LogP contribution in [-0.4, -0.2) is 24.9 Å². The number of sulfonamides is 1. The molecule has 0 fully saturated rings. The second kappa shape index (κ2) is 5.85. The van der Waals surface area contributed by atoms with Crippen LogP contribution in [0.1, 0.15) is 12.6 Å². The average Bonchev–Trinajstić information content (AvgIpc) is 2.86.